The predicted molar refractivity (Wildman–Crippen MR) is 99.5 cm³/mol. The fourth-order valence-electron chi connectivity index (χ4n) is 3.35. The Balaban J connectivity index is 1.59. The van der Waals surface area contributed by atoms with E-state index in [1.54, 1.807) is 24.3 Å². The van der Waals surface area contributed by atoms with Crippen LogP contribution in [0.2, 0.25) is 0 Å². The van der Waals surface area contributed by atoms with Crippen molar-refractivity contribution in [3.63, 3.8) is 0 Å². The molecule has 0 spiro atoms. The monoisotopic (exact) mass is 396 g/mol. The third-order valence-corrected chi connectivity index (χ3v) is 4.93. The van der Waals surface area contributed by atoms with Gasteiger partial charge in [-0.15, -0.1) is 0 Å². The normalized spacial score (nSPS) is 13.9. The second-order valence-electron chi connectivity index (χ2n) is 6.93. The molecule has 146 valence electrons. The summed E-state index contributed by atoms with van der Waals surface area (Å²) in [6.07, 6.45) is 1.57. The Kier molecular flexibility index (Phi) is 3.90. The van der Waals surface area contributed by atoms with Crippen LogP contribution in [0.25, 0.3) is 22.3 Å². The minimum absolute atomic E-state index is 0.0526. The van der Waals surface area contributed by atoms with Crippen molar-refractivity contribution in [2.24, 2.45) is 0 Å². The smallest absolute Gasteiger partial charge is 0.332 e. The Morgan fingerprint density at radius 1 is 1.07 bits per heavy atom. The largest absolute Gasteiger partial charge is 0.337 e. The van der Waals surface area contributed by atoms with E-state index in [0.29, 0.717) is 10.9 Å². The summed E-state index contributed by atoms with van der Waals surface area (Å²) in [5.41, 5.74) is -0.0350. The van der Waals surface area contributed by atoms with E-state index >= 15 is 0 Å². The highest BCUT2D eigenvalue weighted by Crippen LogP contribution is 2.32. The molecule has 4 aromatic rings. The zero-order valence-electron chi connectivity index (χ0n) is 15.0. The molecule has 7 nitrogen and oxygen atoms in total. The highest BCUT2D eigenvalue weighted by atomic mass is 19.2. The van der Waals surface area contributed by atoms with Gasteiger partial charge in [-0.25, -0.2) is 13.6 Å². The standard InChI is InChI=1S/C20H14F2N4O3/c21-14-8-5-11(9-15(14)22)18-23-17(29-24-18)10-25-16-4-2-1-3-13(16)19(27)26(20(25)28)12-6-7-12/h1-5,8-9,12H,6-7,10H2. The molecule has 1 aliphatic carbocycles. The van der Waals surface area contributed by atoms with Gasteiger partial charge in [0.05, 0.1) is 10.9 Å². The van der Waals surface area contributed by atoms with Gasteiger partial charge >= 0.3 is 5.69 Å². The van der Waals surface area contributed by atoms with Crippen LogP contribution in [-0.2, 0) is 6.54 Å². The first-order valence-electron chi connectivity index (χ1n) is 9.05. The second kappa shape index (κ2) is 6.47. The molecule has 2 aromatic carbocycles. The predicted octanol–water partition coefficient (Wildman–Crippen LogP) is 2.87. The van der Waals surface area contributed by atoms with Gasteiger partial charge < -0.3 is 4.52 Å². The quantitative estimate of drug-likeness (QED) is 0.530. The Bertz CT molecular complexity index is 1370. The van der Waals surface area contributed by atoms with Crippen LogP contribution in [0, 0.1) is 11.6 Å². The summed E-state index contributed by atoms with van der Waals surface area (Å²) >= 11 is 0. The van der Waals surface area contributed by atoms with E-state index in [2.05, 4.69) is 10.1 Å². The molecular formula is C20H14F2N4O3. The molecular weight excluding hydrogens is 382 g/mol. The molecule has 0 radical (unpaired) electrons. The summed E-state index contributed by atoms with van der Waals surface area (Å²) < 4.78 is 34.5. The number of fused-ring (bicyclic) bond motifs is 1. The third kappa shape index (κ3) is 2.95. The first kappa shape index (κ1) is 17.5. The molecule has 5 rings (SSSR count). The van der Waals surface area contributed by atoms with Gasteiger partial charge in [-0.2, -0.15) is 4.98 Å². The fourth-order valence-corrected chi connectivity index (χ4v) is 3.35. The molecule has 2 heterocycles. The van der Waals surface area contributed by atoms with Crippen LogP contribution >= 0.6 is 0 Å². The molecule has 1 saturated carbocycles. The van der Waals surface area contributed by atoms with Gasteiger partial charge in [0, 0.05) is 11.6 Å². The fraction of sp³-hybridized carbons (Fsp3) is 0.200. The Hall–Kier alpha value is -3.62. The molecule has 0 aliphatic heterocycles. The first-order chi connectivity index (χ1) is 14.0. The van der Waals surface area contributed by atoms with Gasteiger partial charge in [-0.1, -0.05) is 17.3 Å². The molecule has 0 N–H and O–H groups in total. The van der Waals surface area contributed by atoms with Gasteiger partial charge in [0.1, 0.15) is 6.54 Å². The average molecular weight is 396 g/mol. The molecule has 0 unspecified atom stereocenters. The van der Waals surface area contributed by atoms with E-state index in [4.69, 9.17) is 4.52 Å². The molecule has 0 amide bonds. The van der Waals surface area contributed by atoms with Crippen molar-refractivity contribution in [2.45, 2.75) is 25.4 Å². The van der Waals surface area contributed by atoms with Gasteiger partial charge in [0.15, 0.2) is 11.6 Å². The highest BCUT2D eigenvalue weighted by molar-refractivity contribution is 5.78. The number of para-hydroxylation sites is 1. The van der Waals surface area contributed by atoms with Gasteiger partial charge in [-0.3, -0.25) is 13.9 Å². The highest BCUT2D eigenvalue weighted by Gasteiger charge is 2.29. The van der Waals surface area contributed by atoms with Crippen molar-refractivity contribution < 1.29 is 13.3 Å². The Morgan fingerprint density at radius 3 is 2.62 bits per heavy atom. The molecule has 0 atom stereocenters. The summed E-state index contributed by atoms with van der Waals surface area (Å²) in [4.78, 5) is 29.9. The minimum atomic E-state index is -1.02. The lowest BCUT2D eigenvalue weighted by Crippen LogP contribution is -2.39. The van der Waals surface area contributed by atoms with Crippen LogP contribution in [0.15, 0.2) is 56.6 Å². The zero-order chi connectivity index (χ0) is 20.1. The topological polar surface area (TPSA) is 82.9 Å². The maximum Gasteiger partial charge on any atom is 0.332 e. The lowest BCUT2D eigenvalue weighted by molar-refractivity contribution is 0.369. The maximum absolute atomic E-state index is 13.5. The number of hydrogen-bond acceptors (Lipinski definition) is 5. The van der Waals surface area contributed by atoms with Crippen molar-refractivity contribution in [3.05, 3.63) is 80.8 Å². The summed E-state index contributed by atoms with van der Waals surface area (Å²) in [6.45, 7) is -0.0526. The van der Waals surface area contributed by atoms with Crippen LogP contribution < -0.4 is 11.2 Å². The van der Waals surface area contributed by atoms with Crippen LogP contribution in [0.5, 0.6) is 0 Å². The number of aromatic nitrogens is 4. The summed E-state index contributed by atoms with van der Waals surface area (Å²) in [5, 5.41) is 4.22. The average Bonchev–Trinajstić information content (AvgIpc) is 3.44. The second-order valence-corrected chi connectivity index (χ2v) is 6.93. The number of halogens is 2. The number of nitrogens with zero attached hydrogens (tertiary/aromatic N) is 4. The number of hydrogen-bond donors (Lipinski definition) is 0. The van der Waals surface area contributed by atoms with Crippen molar-refractivity contribution in [3.8, 4) is 11.4 Å². The molecule has 1 fully saturated rings. The summed E-state index contributed by atoms with van der Waals surface area (Å²) in [6, 6.07) is 10.0. The molecule has 9 heteroatoms. The molecule has 0 bridgehead atoms. The zero-order valence-corrected chi connectivity index (χ0v) is 15.0. The summed E-state index contributed by atoms with van der Waals surface area (Å²) in [5.74, 6) is -1.81. The molecule has 2 aromatic heterocycles. The van der Waals surface area contributed by atoms with E-state index in [0.717, 1.165) is 25.0 Å². The van der Waals surface area contributed by atoms with Gasteiger partial charge in [0.25, 0.3) is 5.56 Å². The van der Waals surface area contributed by atoms with Gasteiger partial charge in [-0.05, 0) is 43.2 Å². The molecule has 29 heavy (non-hydrogen) atoms. The van der Waals surface area contributed by atoms with E-state index in [1.165, 1.54) is 15.2 Å². The SMILES string of the molecule is O=c1c2ccccc2n(Cc2nc(-c3ccc(F)c(F)c3)no2)c(=O)n1C1CC1. The molecule has 1 aliphatic rings. The van der Waals surface area contributed by atoms with Crippen molar-refractivity contribution in [2.75, 3.05) is 0 Å². The van der Waals surface area contributed by atoms with E-state index in [9.17, 15) is 18.4 Å². The van der Waals surface area contributed by atoms with Crippen molar-refractivity contribution in [1.82, 2.24) is 19.3 Å². The minimum Gasteiger partial charge on any atom is -0.337 e. The van der Waals surface area contributed by atoms with Crippen LogP contribution in [-0.4, -0.2) is 19.3 Å². The van der Waals surface area contributed by atoms with E-state index in [1.807, 2.05) is 0 Å². The lowest BCUT2D eigenvalue weighted by Gasteiger charge is -2.12. The Labute approximate surface area is 161 Å². The van der Waals surface area contributed by atoms with E-state index in [-0.39, 0.29) is 35.4 Å². The van der Waals surface area contributed by atoms with Crippen molar-refractivity contribution in [1.29, 1.82) is 0 Å². The van der Waals surface area contributed by atoms with Crippen molar-refractivity contribution >= 4 is 10.9 Å². The maximum atomic E-state index is 13.5. The number of rotatable bonds is 4. The summed E-state index contributed by atoms with van der Waals surface area (Å²) in [7, 11) is 0. The van der Waals surface area contributed by atoms with Crippen LogP contribution in [0.1, 0.15) is 24.8 Å². The van der Waals surface area contributed by atoms with Crippen LogP contribution in [0.4, 0.5) is 8.78 Å². The Morgan fingerprint density at radius 2 is 1.86 bits per heavy atom. The number of benzene rings is 2. The van der Waals surface area contributed by atoms with Gasteiger partial charge in [0.2, 0.25) is 11.7 Å². The third-order valence-electron chi connectivity index (χ3n) is 4.93. The first-order valence-corrected chi connectivity index (χ1v) is 9.05. The van der Waals surface area contributed by atoms with Crippen LogP contribution in [0.3, 0.4) is 0 Å². The van der Waals surface area contributed by atoms with E-state index < -0.39 is 17.3 Å². The lowest BCUT2D eigenvalue weighted by atomic mass is 10.2. The molecule has 0 saturated heterocycles.